The van der Waals surface area contributed by atoms with Gasteiger partial charge in [-0.2, -0.15) is 8.42 Å². The number of hydrogen-bond donors (Lipinski definition) is 2. The lowest BCUT2D eigenvalue weighted by Crippen LogP contribution is -2.66. The van der Waals surface area contributed by atoms with Crippen molar-refractivity contribution in [3.05, 3.63) is 0 Å². The minimum absolute atomic E-state index is 0.558. The summed E-state index contributed by atoms with van der Waals surface area (Å²) in [6.07, 6.45) is -4.75. The largest absolute Gasteiger partial charge is 0.456 e. The molecule has 0 radical (unpaired) electrons. The molecule has 1 heterocycles. The molecule has 0 aromatic heterocycles. The lowest BCUT2D eigenvalue weighted by molar-refractivity contribution is -0.261. The maximum absolute atomic E-state index is 11.4. The number of aliphatic hydroxyl groups excluding tert-OH is 1. The fourth-order valence-corrected chi connectivity index (χ4v) is 2.68. The molecule has 5 unspecified atom stereocenters. The van der Waals surface area contributed by atoms with Gasteiger partial charge in [-0.25, -0.2) is 0 Å². The zero-order valence-electron chi connectivity index (χ0n) is 14.1. The quantitative estimate of drug-likeness (QED) is 0.390. The molecule has 0 saturated carbocycles. The Morgan fingerprint density at radius 1 is 1.08 bits per heavy atom. The summed E-state index contributed by atoms with van der Waals surface area (Å²) >= 11 is 0. The molecule has 0 aliphatic carbocycles. The van der Waals surface area contributed by atoms with Gasteiger partial charge in [0.25, 0.3) is 10.1 Å². The average molecular weight is 383 g/mol. The van der Waals surface area contributed by atoms with E-state index in [9.17, 15) is 27.9 Å². The van der Waals surface area contributed by atoms with Crippen LogP contribution in [0.1, 0.15) is 20.8 Å². The summed E-state index contributed by atoms with van der Waals surface area (Å²) in [6.45, 7) is 2.73. The van der Waals surface area contributed by atoms with E-state index >= 15 is 0 Å². The Bertz CT molecular complexity index is 618. The summed E-state index contributed by atoms with van der Waals surface area (Å²) in [6, 6.07) is -1.24. The average Bonchev–Trinajstić information content (AvgIpc) is 2.41. The van der Waals surface area contributed by atoms with Gasteiger partial charge in [-0.15, -0.1) is 0 Å². The van der Waals surface area contributed by atoms with E-state index in [-0.39, 0.29) is 0 Å². The second kappa shape index (κ2) is 8.56. The maximum atomic E-state index is 11.4. The molecule has 1 fully saturated rings. The molecular formula is C13H21NO10S. The standard InChI is InChI=1S/C13H21NO10S/c1-6(15)14-10-12(23-8(3)17)11(22-7(2)16)9(24-13(10)18)5-21-25(4,19)20/h9-13,18H,5H2,1-4H3,(H,14,15). The van der Waals surface area contributed by atoms with Gasteiger partial charge in [0.05, 0.1) is 12.9 Å². The van der Waals surface area contributed by atoms with Crippen LogP contribution in [0.5, 0.6) is 0 Å². The van der Waals surface area contributed by atoms with E-state index in [1.54, 1.807) is 0 Å². The third kappa shape index (κ3) is 6.94. The first-order valence-electron chi connectivity index (χ1n) is 7.20. The van der Waals surface area contributed by atoms with E-state index in [1.165, 1.54) is 0 Å². The number of rotatable bonds is 6. The van der Waals surface area contributed by atoms with Gasteiger partial charge in [-0.1, -0.05) is 0 Å². The van der Waals surface area contributed by atoms with E-state index in [4.69, 9.17) is 14.2 Å². The molecule has 25 heavy (non-hydrogen) atoms. The number of ether oxygens (including phenoxy) is 3. The fourth-order valence-electron chi connectivity index (χ4n) is 2.30. The second-order valence-electron chi connectivity index (χ2n) is 5.43. The number of nitrogens with one attached hydrogen (secondary N) is 1. The molecular weight excluding hydrogens is 362 g/mol. The van der Waals surface area contributed by atoms with Crippen molar-refractivity contribution in [1.82, 2.24) is 5.32 Å². The number of esters is 2. The van der Waals surface area contributed by atoms with E-state index in [2.05, 4.69) is 9.50 Å². The summed E-state index contributed by atoms with van der Waals surface area (Å²) < 4.78 is 42.3. The summed E-state index contributed by atoms with van der Waals surface area (Å²) in [5.74, 6) is -2.10. The highest BCUT2D eigenvalue weighted by molar-refractivity contribution is 7.85. The van der Waals surface area contributed by atoms with E-state index in [1.807, 2.05) is 0 Å². The van der Waals surface area contributed by atoms with E-state index in [0.29, 0.717) is 0 Å². The molecule has 1 amide bonds. The molecule has 11 nitrogen and oxygen atoms in total. The van der Waals surface area contributed by atoms with E-state index in [0.717, 1.165) is 27.0 Å². The smallest absolute Gasteiger partial charge is 0.303 e. The predicted octanol–water partition coefficient (Wildman–Crippen LogP) is -1.95. The Morgan fingerprint density at radius 3 is 2.04 bits per heavy atom. The van der Waals surface area contributed by atoms with Gasteiger partial charge in [0.2, 0.25) is 5.91 Å². The van der Waals surface area contributed by atoms with Crippen molar-refractivity contribution in [3.63, 3.8) is 0 Å². The Kier molecular flexibility index (Phi) is 7.29. The van der Waals surface area contributed by atoms with Crippen LogP contribution >= 0.6 is 0 Å². The number of hydrogen-bond acceptors (Lipinski definition) is 10. The van der Waals surface area contributed by atoms with Crippen molar-refractivity contribution in [2.24, 2.45) is 0 Å². The minimum Gasteiger partial charge on any atom is -0.456 e. The topological polar surface area (TPSA) is 155 Å². The van der Waals surface area contributed by atoms with Crippen molar-refractivity contribution < 1.29 is 46.3 Å². The molecule has 0 aromatic rings. The van der Waals surface area contributed by atoms with Gasteiger partial charge < -0.3 is 24.6 Å². The van der Waals surface area contributed by atoms with Crippen LogP contribution in [0.2, 0.25) is 0 Å². The summed E-state index contributed by atoms with van der Waals surface area (Å²) in [4.78, 5) is 34.1. The number of aliphatic hydroxyl groups is 1. The number of carbonyl (C=O) groups is 3. The van der Waals surface area contributed by atoms with Crippen LogP contribution in [0.4, 0.5) is 0 Å². The Labute approximate surface area is 144 Å². The van der Waals surface area contributed by atoms with Crippen LogP contribution in [0.3, 0.4) is 0 Å². The predicted molar refractivity (Wildman–Crippen MR) is 80.4 cm³/mol. The molecule has 1 aliphatic rings. The van der Waals surface area contributed by atoms with Gasteiger partial charge >= 0.3 is 11.9 Å². The van der Waals surface area contributed by atoms with Crippen LogP contribution in [0.15, 0.2) is 0 Å². The van der Waals surface area contributed by atoms with Crippen LogP contribution < -0.4 is 5.32 Å². The summed E-state index contributed by atoms with van der Waals surface area (Å²) in [5.41, 5.74) is 0. The zero-order valence-corrected chi connectivity index (χ0v) is 14.9. The van der Waals surface area contributed by atoms with Gasteiger partial charge in [0.1, 0.15) is 12.1 Å². The first kappa shape index (κ1) is 21.3. The molecule has 12 heteroatoms. The maximum Gasteiger partial charge on any atom is 0.303 e. The van der Waals surface area contributed by atoms with E-state index < -0.39 is 65.2 Å². The highest BCUT2D eigenvalue weighted by Crippen LogP contribution is 2.26. The number of amides is 1. The summed E-state index contributed by atoms with van der Waals surface area (Å²) in [5, 5.41) is 12.4. The van der Waals surface area contributed by atoms with Crippen LogP contribution in [-0.4, -0.2) is 74.9 Å². The Morgan fingerprint density at radius 2 is 1.60 bits per heavy atom. The third-order valence-electron chi connectivity index (χ3n) is 3.09. The summed E-state index contributed by atoms with van der Waals surface area (Å²) in [7, 11) is -3.85. The van der Waals surface area contributed by atoms with Crippen LogP contribution in [-0.2, 0) is 42.9 Å². The van der Waals surface area contributed by atoms with Crippen molar-refractivity contribution in [2.45, 2.75) is 51.4 Å². The molecule has 0 aromatic carbocycles. The van der Waals surface area contributed by atoms with Crippen molar-refractivity contribution >= 4 is 28.0 Å². The molecule has 144 valence electrons. The van der Waals surface area contributed by atoms with Gasteiger partial charge in [-0.3, -0.25) is 18.6 Å². The highest BCUT2D eigenvalue weighted by atomic mass is 32.2. The molecule has 5 atom stereocenters. The van der Waals surface area contributed by atoms with Crippen molar-refractivity contribution in [3.8, 4) is 0 Å². The normalized spacial score (nSPS) is 29.6. The Balaban J connectivity index is 3.15. The molecule has 0 bridgehead atoms. The Hall–Kier alpha value is -1.76. The lowest BCUT2D eigenvalue weighted by atomic mass is 9.96. The van der Waals surface area contributed by atoms with Crippen LogP contribution in [0.25, 0.3) is 0 Å². The van der Waals surface area contributed by atoms with Crippen molar-refractivity contribution in [2.75, 3.05) is 12.9 Å². The minimum atomic E-state index is -3.85. The molecule has 0 spiro atoms. The first-order chi connectivity index (χ1) is 11.4. The highest BCUT2D eigenvalue weighted by Gasteiger charge is 2.50. The molecule has 1 aliphatic heterocycles. The monoisotopic (exact) mass is 383 g/mol. The zero-order chi connectivity index (χ0) is 19.4. The van der Waals surface area contributed by atoms with Gasteiger partial charge in [-0.05, 0) is 0 Å². The van der Waals surface area contributed by atoms with Crippen LogP contribution in [0, 0.1) is 0 Å². The molecule has 1 rings (SSSR count). The second-order valence-corrected chi connectivity index (χ2v) is 7.07. The number of carbonyl (C=O) groups excluding carboxylic acids is 3. The SMILES string of the molecule is CC(=O)NC1C(O)OC(COS(C)(=O)=O)C(OC(C)=O)C1OC(C)=O. The fraction of sp³-hybridized carbons (Fsp3) is 0.769. The van der Waals surface area contributed by atoms with Gasteiger partial charge in [0.15, 0.2) is 18.5 Å². The third-order valence-corrected chi connectivity index (χ3v) is 3.65. The first-order valence-corrected chi connectivity index (χ1v) is 9.02. The van der Waals surface area contributed by atoms with Gasteiger partial charge in [0, 0.05) is 20.8 Å². The lowest BCUT2D eigenvalue weighted by Gasteiger charge is -2.43. The molecule has 2 N–H and O–H groups in total. The van der Waals surface area contributed by atoms with Crippen molar-refractivity contribution in [1.29, 1.82) is 0 Å². The molecule has 1 saturated heterocycles.